The molecule has 0 heterocycles. The van der Waals surface area contributed by atoms with Gasteiger partial charge in [0.25, 0.3) is 0 Å². The minimum absolute atomic E-state index is 0.392. The first-order valence-corrected chi connectivity index (χ1v) is 4.85. The van der Waals surface area contributed by atoms with E-state index in [9.17, 15) is 0 Å². The largest absolute Gasteiger partial charge is 0.402 e. The zero-order valence-electron chi connectivity index (χ0n) is 9.17. The van der Waals surface area contributed by atoms with Gasteiger partial charge in [-0.3, -0.25) is 0 Å². The quantitative estimate of drug-likeness (QED) is 0.656. The fourth-order valence-electron chi connectivity index (χ4n) is 0.935. The second-order valence-electron chi connectivity index (χ2n) is 4.16. The Labute approximate surface area is 81.7 Å². The van der Waals surface area contributed by atoms with E-state index in [1.807, 2.05) is 12.2 Å². The Balaban J connectivity index is 4.16. The van der Waals surface area contributed by atoms with Gasteiger partial charge in [0.1, 0.15) is 0 Å². The van der Waals surface area contributed by atoms with Gasteiger partial charge in [0.05, 0.1) is 0 Å². The molecule has 0 aromatic heterocycles. The summed E-state index contributed by atoms with van der Waals surface area (Å²) >= 11 is 0. The Hall–Kier alpha value is -0.920. The van der Waals surface area contributed by atoms with Crippen LogP contribution in [0.1, 0.15) is 34.1 Å². The highest BCUT2D eigenvalue weighted by atomic mass is 14.6. The van der Waals surface area contributed by atoms with Crippen LogP contribution in [0.3, 0.4) is 0 Å². The van der Waals surface area contributed by atoms with E-state index in [2.05, 4.69) is 27.7 Å². The predicted octanol–water partition coefficient (Wildman–Crippen LogP) is 2.37. The van der Waals surface area contributed by atoms with Gasteiger partial charge >= 0.3 is 0 Å². The Morgan fingerprint density at radius 3 is 2.00 bits per heavy atom. The summed E-state index contributed by atoms with van der Waals surface area (Å²) in [6, 6.07) is 0. The van der Waals surface area contributed by atoms with Crippen molar-refractivity contribution in [3.63, 3.8) is 0 Å². The zero-order chi connectivity index (χ0) is 10.4. The van der Waals surface area contributed by atoms with Gasteiger partial charge < -0.3 is 11.5 Å². The van der Waals surface area contributed by atoms with E-state index in [-0.39, 0.29) is 0 Å². The molecule has 0 saturated carbocycles. The third-order valence-electron chi connectivity index (χ3n) is 1.80. The molecule has 2 nitrogen and oxygen atoms in total. The lowest BCUT2D eigenvalue weighted by molar-refractivity contribution is 0.638. The van der Waals surface area contributed by atoms with Crippen molar-refractivity contribution >= 4 is 0 Å². The lowest BCUT2D eigenvalue weighted by atomic mass is 10.1. The summed E-state index contributed by atoms with van der Waals surface area (Å²) in [5.41, 5.74) is 13.3. The molecule has 0 aromatic rings. The van der Waals surface area contributed by atoms with Gasteiger partial charge in [-0.05, 0) is 30.4 Å². The summed E-state index contributed by atoms with van der Waals surface area (Å²) in [6.07, 6.45) is 4.75. The fraction of sp³-hybridized carbons (Fsp3) is 0.636. The highest BCUT2D eigenvalue weighted by Gasteiger charge is 1.97. The monoisotopic (exact) mass is 182 g/mol. The summed E-state index contributed by atoms with van der Waals surface area (Å²) in [6.45, 7) is 8.43. The molecule has 0 saturated heterocycles. The first kappa shape index (κ1) is 12.1. The first-order chi connectivity index (χ1) is 5.93. The molecule has 0 aliphatic carbocycles. The van der Waals surface area contributed by atoms with Gasteiger partial charge in [-0.15, -0.1) is 0 Å². The van der Waals surface area contributed by atoms with E-state index in [1.54, 1.807) is 0 Å². The maximum atomic E-state index is 5.78. The van der Waals surface area contributed by atoms with Gasteiger partial charge in [-0.2, -0.15) is 0 Å². The van der Waals surface area contributed by atoms with Crippen molar-refractivity contribution in [3.8, 4) is 0 Å². The average Bonchev–Trinajstić information content (AvgIpc) is 1.98. The van der Waals surface area contributed by atoms with E-state index >= 15 is 0 Å². The molecular weight excluding hydrogens is 160 g/mol. The van der Waals surface area contributed by atoms with Crippen molar-refractivity contribution in [1.29, 1.82) is 0 Å². The van der Waals surface area contributed by atoms with Crippen LogP contribution in [0.5, 0.6) is 0 Å². The smallest absolute Gasteiger partial charge is 0.0107 e. The molecule has 0 unspecified atom stereocenters. The maximum absolute atomic E-state index is 5.78. The van der Waals surface area contributed by atoms with Crippen LogP contribution < -0.4 is 11.5 Å². The lowest BCUT2D eigenvalue weighted by Crippen LogP contribution is -2.05. The Morgan fingerprint density at radius 1 is 1.08 bits per heavy atom. The number of allylic oxidation sites excluding steroid dienone is 4. The fourth-order valence-corrected chi connectivity index (χ4v) is 0.935. The van der Waals surface area contributed by atoms with Crippen molar-refractivity contribution < 1.29 is 0 Å². The van der Waals surface area contributed by atoms with E-state index in [4.69, 9.17) is 11.5 Å². The first-order valence-electron chi connectivity index (χ1n) is 4.85. The number of nitrogens with two attached hydrogens (primary N) is 2. The van der Waals surface area contributed by atoms with Crippen LogP contribution in [0.25, 0.3) is 0 Å². The predicted molar refractivity (Wildman–Crippen MR) is 58.8 cm³/mol. The van der Waals surface area contributed by atoms with Crippen LogP contribution in [0.15, 0.2) is 23.5 Å². The molecule has 0 bridgehead atoms. The highest BCUT2D eigenvalue weighted by Crippen LogP contribution is 2.07. The maximum Gasteiger partial charge on any atom is 0.0107 e. The molecular formula is C11H22N2. The summed E-state index contributed by atoms with van der Waals surface area (Å²) in [7, 11) is 0. The van der Waals surface area contributed by atoms with Gasteiger partial charge in [-0.25, -0.2) is 0 Å². The molecule has 0 atom stereocenters. The van der Waals surface area contributed by atoms with Crippen LogP contribution in [-0.2, 0) is 0 Å². The van der Waals surface area contributed by atoms with Gasteiger partial charge in [0, 0.05) is 11.4 Å². The van der Waals surface area contributed by atoms with Crippen LogP contribution in [0, 0.1) is 11.8 Å². The van der Waals surface area contributed by atoms with E-state index in [0.29, 0.717) is 11.8 Å². The average molecular weight is 182 g/mol. The van der Waals surface area contributed by atoms with Crippen LogP contribution >= 0.6 is 0 Å². The number of rotatable bonds is 4. The van der Waals surface area contributed by atoms with Gasteiger partial charge in [0.2, 0.25) is 0 Å². The minimum Gasteiger partial charge on any atom is -0.402 e. The van der Waals surface area contributed by atoms with E-state index in [1.165, 1.54) is 0 Å². The van der Waals surface area contributed by atoms with Crippen molar-refractivity contribution in [1.82, 2.24) is 0 Å². The molecule has 13 heavy (non-hydrogen) atoms. The van der Waals surface area contributed by atoms with Crippen LogP contribution in [0.4, 0.5) is 0 Å². The molecule has 0 spiro atoms. The molecule has 0 fully saturated rings. The SMILES string of the molecule is CC(C)C/C(N)=C\C=C(/N)C(C)C. The Kier molecular flexibility index (Phi) is 5.28. The normalized spacial score (nSPS) is 14.3. The third kappa shape index (κ3) is 6.26. The molecule has 0 radical (unpaired) electrons. The van der Waals surface area contributed by atoms with Gasteiger partial charge in [0.15, 0.2) is 0 Å². The number of hydrogen-bond donors (Lipinski definition) is 2. The standard InChI is InChI=1S/C11H22N2/c1-8(2)7-10(12)5-6-11(13)9(3)4/h5-6,8-9H,7,12-13H2,1-4H3/b10-5+,11-6-. The van der Waals surface area contributed by atoms with Crippen LogP contribution in [0.2, 0.25) is 0 Å². The minimum atomic E-state index is 0.392. The molecule has 4 N–H and O–H groups in total. The zero-order valence-corrected chi connectivity index (χ0v) is 9.17. The second kappa shape index (κ2) is 5.68. The summed E-state index contributed by atoms with van der Waals surface area (Å²) in [5, 5.41) is 0. The summed E-state index contributed by atoms with van der Waals surface area (Å²) in [5.74, 6) is 0.994. The molecule has 0 aliphatic rings. The molecule has 2 heteroatoms. The van der Waals surface area contributed by atoms with Crippen molar-refractivity contribution in [3.05, 3.63) is 23.5 Å². The summed E-state index contributed by atoms with van der Waals surface area (Å²) < 4.78 is 0. The van der Waals surface area contributed by atoms with E-state index in [0.717, 1.165) is 17.8 Å². The number of hydrogen-bond acceptors (Lipinski definition) is 2. The highest BCUT2D eigenvalue weighted by molar-refractivity contribution is 5.15. The third-order valence-corrected chi connectivity index (χ3v) is 1.80. The van der Waals surface area contributed by atoms with Gasteiger partial charge in [-0.1, -0.05) is 27.7 Å². The van der Waals surface area contributed by atoms with Crippen molar-refractivity contribution in [2.45, 2.75) is 34.1 Å². The topological polar surface area (TPSA) is 52.0 Å². The van der Waals surface area contributed by atoms with Crippen LogP contribution in [-0.4, -0.2) is 0 Å². The molecule has 0 rings (SSSR count). The molecule has 76 valence electrons. The molecule has 0 aliphatic heterocycles. The molecule has 0 aromatic carbocycles. The Bertz CT molecular complexity index is 200. The summed E-state index contributed by atoms with van der Waals surface area (Å²) in [4.78, 5) is 0. The van der Waals surface area contributed by atoms with Crippen molar-refractivity contribution in [2.24, 2.45) is 23.3 Å². The second-order valence-corrected chi connectivity index (χ2v) is 4.16. The Morgan fingerprint density at radius 2 is 1.62 bits per heavy atom. The lowest BCUT2D eigenvalue weighted by Gasteiger charge is -2.05. The van der Waals surface area contributed by atoms with Crippen molar-refractivity contribution in [2.75, 3.05) is 0 Å². The molecule has 0 amide bonds. The van der Waals surface area contributed by atoms with E-state index < -0.39 is 0 Å².